The van der Waals surface area contributed by atoms with E-state index in [0.29, 0.717) is 30.0 Å². The lowest BCUT2D eigenvalue weighted by Gasteiger charge is -2.31. The van der Waals surface area contributed by atoms with E-state index in [4.69, 9.17) is 4.74 Å². The van der Waals surface area contributed by atoms with Gasteiger partial charge in [-0.25, -0.2) is 9.18 Å². The first-order valence-corrected chi connectivity index (χ1v) is 9.26. The topological polar surface area (TPSA) is 75.0 Å². The van der Waals surface area contributed by atoms with Gasteiger partial charge in [0, 0.05) is 32.4 Å². The standard InChI is InChI=1S/C20H20FN3O4/c1-10-9-28-19-16-13(18(25)14(20(26)27)8-24(10)16)3-15(21)17(19)23-6-11-4-22(2)5-12(11)7-23/h3,8,10H,4-7,9H2,1-2H3,(H,26,27)/t10-/m0/s1. The molecule has 3 aliphatic heterocycles. The minimum absolute atomic E-state index is 0.0436. The lowest BCUT2D eigenvalue weighted by molar-refractivity contribution is 0.0694. The molecule has 5 rings (SSSR count). The summed E-state index contributed by atoms with van der Waals surface area (Å²) >= 11 is 0. The van der Waals surface area contributed by atoms with E-state index in [-0.39, 0.29) is 23.6 Å². The summed E-state index contributed by atoms with van der Waals surface area (Å²) < 4.78 is 22.8. The summed E-state index contributed by atoms with van der Waals surface area (Å²) in [5, 5.41) is 9.42. The SMILES string of the molecule is C[C@H]1COc2c(N3CC4=C(CN(C)C4)C3)c(F)cc3c(=O)c(C(=O)O)cn1c23. The number of anilines is 1. The number of ether oxygens (including phenoxy) is 1. The van der Waals surface area contributed by atoms with Crippen molar-refractivity contribution in [2.45, 2.75) is 13.0 Å². The van der Waals surface area contributed by atoms with E-state index in [1.807, 2.05) is 11.8 Å². The van der Waals surface area contributed by atoms with Crippen molar-refractivity contribution in [1.82, 2.24) is 9.47 Å². The van der Waals surface area contributed by atoms with Crippen LogP contribution in [0.2, 0.25) is 0 Å². The van der Waals surface area contributed by atoms with Crippen molar-refractivity contribution in [3.8, 4) is 5.75 Å². The van der Waals surface area contributed by atoms with Crippen LogP contribution in [0.4, 0.5) is 10.1 Å². The Morgan fingerprint density at radius 1 is 1.25 bits per heavy atom. The molecule has 1 aromatic heterocycles. The average molecular weight is 385 g/mol. The molecule has 0 unspecified atom stereocenters. The fourth-order valence-electron chi connectivity index (χ4n) is 4.59. The second-order valence-electron chi connectivity index (χ2n) is 7.91. The number of likely N-dealkylation sites (N-methyl/N-ethyl adjacent to an activating group) is 1. The monoisotopic (exact) mass is 385 g/mol. The highest BCUT2D eigenvalue weighted by molar-refractivity contribution is 5.97. The number of carboxylic acid groups (broad SMARTS) is 1. The number of aromatic carboxylic acids is 1. The summed E-state index contributed by atoms with van der Waals surface area (Å²) in [5.41, 5.74) is 2.38. The van der Waals surface area contributed by atoms with Gasteiger partial charge in [0.05, 0.1) is 16.9 Å². The number of carbonyl (C=O) groups is 1. The predicted octanol–water partition coefficient (Wildman–Crippen LogP) is 1.85. The molecule has 1 aromatic carbocycles. The van der Waals surface area contributed by atoms with Gasteiger partial charge in [-0.15, -0.1) is 0 Å². The number of carboxylic acids is 1. The summed E-state index contributed by atoms with van der Waals surface area (Å²) in [7, 11) is 2.06. The van der Waals surface area contributed by atoms with Gasteiger partial charge < -0.3 is 19.3 Å². The molecule has 8 heteroatoms. The Morgan fingerprint density at radius 2 is 1.93 bits per heavy atom. The fraction of sp³-hybridized carbons (Fsp3) is 0.400. The lowest BCUT2D eigenvalue weighted by atomic mass is 10.1. The molecule has 7 nitrogen and oxygen atoms in total. The average Bonchev–Trinajstić information content (AvgIpc) is 3.16. The van der Waals surface area contributed by atoms with Crippen LogP contribution in [0.3, 0.4) is 0 Å². The normalized spacial score (nSPS) is 21.4. The van der Waals surface area contributed by atoms with Crippen LogP contribution in [-0.2, 0) is 0 Å². The molecule has 0 aliphatic carbocycles. The van der Waals surface area contributed by atoms with Crippen molar-refractivity contribution >= 4 is 22.6 Å². The minimum Gasteiger partial charge on any atom is -0.487 e. The molecule has 0 spiro atoms. The molecule has 2 aromatic rings. The van der Waals surface area contributed by atoms with Crippen molar-refractivity contribution < 1.29 is 19.0 Å². The summed E-state index contributed by atoms with van der Waals surface area (Å²) in [6, 6.07) is 0.999. The zero-order chi connectivity index (χ0) is 19.7. The molecule has 1 atom stereocenters. The van der Waals surface area contributed by atoms with Crippen molar-refractivity contribution in [3.63, 3.8) is 0 Å². The number of rotatable bonds is 2. The number of nitrogens with zero attached hydrogens (tertiary/aromatic N) is 3. The third-order valence-electron chi connectivity index (χ3n) is 5.87. The molecule has 0 fully saturated rings. The first kappa shape index (κ1) is 17.2. The third-order valence-corrected chi connectivity index (χ3v) is 5.87. The molecule has 0 radical (unpaired) electrons. The van der Waals surface area contributed by atoms with Crippen LogP contribution >= 0.6 is 0 Å². The molecular weight excluding hydrogens is 365 g/mol. The van der Waals surface area contributed by atoms with Gasteiger partial charge in [-0.2, -0.15) is 0 Å². The zero-order valence-electron chi connectivity index (χ0n) is 15.7. The summed E-state index contributed by atoms with van der Waals surface area (Å²) in [5.74, 6) is -1.54. The van der Waals surface area contributed by atoms with Crippen LogP contribution in [0, 0.1) is 5.82 Å². The smallest absolute Gasteiger partial charge is 0.341 e. The molecule has 0 bridgehead atoms. The number of aromatic nitrogens is 1. The molecule has 0 saturated carbocycles. The molecule has 0 amide bonds. The minimum atomic E-state index is -1.32. The van der Waals surface area contributed by atoms with E-state index in [9.17, 15) is 14.7 Å². The maximum absolute atomic E-state index is 15.2. The van der Waals surface area contributed by atoms with Gasteiger partial charge in [-0.05, 0) is 31.2 Å². The van der Waals surface area contributed by atoms with Crippen molar-refractivity contribution in [3.05, 3.63) is 45.0 Å². The molecular formula is C20H20FN3O4. The van der Waals surface area contributed by atoms with Crippen molar-refractivity contribution in [2.75, 3.05) is 44.7 Å². The molecule has 1 N–H and O–H groups in total. The largest absolute Gasteiger partial charge is 0.487 e. The van der Waals surface area contributed by atoms with Gasteiger partial charge in [0.1, 0.15) is 17.9 Å². The molecule has 4 heterocycles. The quantitative estimate of drug-likeness (QED) is 0.796. The van der Waals surface area contributed by atoms with Crippen LogP contribution in [0.25, 0.3) is 10.9 Å². The Bertz CT molecular complexity index is 1120. The summed E-state index contributed by atoms with van der Waals surface area (Å²) in [6.45, 7) is 5.17. The van der Waals surface area contributed by atoms with Gasteiger partial charge in [-0.1, -0.05) is 0 Å². The van der Waals surface area contributed by atoms with Gasteiger partial charge in [-0.3, -0.25) is 9.69 Å². The number of hydrogen-bond acceptors (Lipinski definition) is 5. The molecule has 146 valence electrons. The Hall–Kier alpha value is -2.87. The van der Waals surface area contributed by atoms with E-state index < -0.39 is 17.2 Å². The second-order valence-corrected chi connectivity index (χ2v) is 7.91. The van der Waals surface area contributed by atoms with Gasteiger partial charge >= 0.3 is 5.97 Å². The second kappa shape index (κ2) is 5.81. The van der Waals surface area contributed by atoms with E-state index in [1.54, 1.807) is 4.57 Å². The van der Waals surface area contributed by atoms with Gasteiger partial charge in [0.2, 0.25) is 5.43 Å². The van der Waals surface area contributed by atoms with E-state index in [1.165, 1.54) is 17.3 Å². The first-order chi connectivity index (χ1) is 13.3. The van der Waals surface area contributed by atoms with Crippen LogP contribution in [0.5, 0.6) is 5.75 Å². The molecule has 28 heavy (non-hydrogen) atoms. The number of hydrogen-bond donors (Lipinski definition) is 1. The van der Waals surface area contributed by atoms with Gasteiger partial charge in [0.15, 0.2) is 11.6 Å². The number of halogens is 1. The number of pyridine rings is 1. The van der Waals surface area contributed by atoms with Gasteiger partial charge in [0.25, 0.3) is 0 Å². The van der Waals surface area contributed by atoms with Crippen LogP contribution < -0.4 is 15.1 Å². The Kier molecular flexibility index (Phi) is 3.58. The Morgan fingerprint density at radius 3 is 2.57 bits per heavy atom. The van der Waals surface area contributed by atoms with E-state index in [2.05, 4.69) is 11.9 Å². The zero-order valence-corrected chi connectivity index (χ0v) is 15.7. The highest BCUT2D eigenvalue weighted by Gasteiger charge is 2.34. The summed E-state index contributed by atoms with van der Waals surface area (Å²) in [6.07, 6.45) is 1.35. The van der Waals surface area contributed by atoms with Crippen molar-refractivity contribution in [2.24, 2.45) is 0 Å². The molecule has 0 saturated heterocycles. The highest BCUT2D eigenvalue weighted by atomic mass is 19.1. The van der Waals surface area contributed by atoms with Crippen molar-refractivity contribution in [1.29, 1.82) is 0 Å². The maximum atomic E-state index is 15.2. The van der Waals surface area contributed by atoms with E-state index in [0.717, 1.165) is 19.2 Å². The molecule has 3 aliphatic rings. The Balaban J connectivity index is 1.71. The fourth-order valence-corrected chi connectivity index (χ4v) is 4.59. The lowest BCUT2D eigenvalue weighted by Crippen LogP contribution is -2.31. The van der Waals surface area contributed by atoms with Crippen LogP contribution in [-0.4, -0.2) is 60.4 Å². The predicted molar refractivity (Wildman–Crippen MR) is 102 cm³/mol. The van der Waals surface area contributed by atoms with Crippen LogP contribution in [0.15, 0.2) is 28.2 Å². The first-order valence-electron chi connectivity index (χ1n) is 9.26. The third kappa shape index (κ3) is 2.30. The van der Waals surface area contributed by atoms with E-state index >= 15 is 4.39 Å². The summed E-state index contributed by atoms with van der Waals surface area (Å²) in [4.78, 5) is 28.3. The Labute approximate surface area is 160 Å². The maximum Gasteiger partial charge on any atom is 0.341 e. The number of benzene rings is 1. The highest BCUT2D eigenvalue weighted by Crippen LogP contribution is 2.43. The van der Waals surface area contributed by atoms with Crippen LogP contribution in [0.1, 0.15) is 23.3 Å².